The average molecular weight is 504 g/mol. The Morgan fingerprint density at radius 3 is 2.45 bits per heavy atom. The minimum Gasteiger partial charge on any atom is -0.494 e. The lowest BCUT2D eigenvalue weighted by Gasteiger charge is -2.32. The van der Waals surface area contributed by atoms with Gasteiger partial charge in [0.25, 0.3) is 5.72 Å². The van der Waals surface area contributed by atoms with Crippen molar-refractivity contribution in [3.8, 4) is 16.9 Å². The number of esters is 1. The van der Waals surface area contributed by atoms with Gasteiger partial charge in [-0.25, -0.2) is 4.79 Å². The standard InChI is InChI=1S/C32H29N3O3/c1-4-35-21(3)29(25-12-7-9-15-28(25)35)32(30-26(31(36)38-32)13-10-20-33-30)34-27-14-8-6-11-24(27)22-16-18-23(19-17-22)37-5-2/h6-20,34H,4-5H2,1-3H3. The van der Waals surface area contributed by atoms with Crippen LogP contribution in [0.5, 0.6) is 5.75 Å². The third-order valence-electron chi connectivity index (χ3n) is 7.22. The first-order chi connectivity index (χ1) is 18.6. The topological polar surface area (TPSA) is 65.4 Å². The molecule has 1 unspecified atom stereocenters. The maximum Gasteiger partial charge on any atom is 0.342 e. The lowest BCUT2D eigenvalue weighted by atomic mass is 9.93. The summed E-state index contributed by atoms with van der Waals surface area (Å²) in [5.74, 6) is 0.427. The highest BCUT2D eigenvalue weighted by Gasteiger charge is 2.51. The number of aryl methyl sites for hydroxylation is 1. The van der Waals surface area contributed by atoms with Crippen LogP contribution in [-0.4, -0.2) is 22.1 Å². The van der Waals surface area contributed by atoms with Gasteiger partial charge < -0.3 is 19.4 Å². The van der Waals surface area contributed by atoms with Crippen LogP contribution in [0.25, 0.3) is 22.0 Å². The Morgan fingerprint density at radius 2 is 1.66 bits per heavy atom. The van der Waals surface area contributed by atoms with Crippen LogP contribution < -0.4 is 10.1 Å². The number of cyclic esters (lactones) is 1. The van der Waals surface area contributed by atoms with Crippen molar-refractivity contribution in [1.29, 1.82) is 0 Å². The minimum absolute atomic E-state index is 0.396. The number of anilines is 1. The molecule has 3 heterocycles. The molecule has 2 aromatic heterocycles. The summed E-state index contributed by atoms with van der Waals surface area (Å²) in [5.41, 5.74) is 5.55. The Kier molecular flexibility index (Phi) is 5.87. The zero-order chi connectivity index (χ0) is 26.3. The van der Waals surface area contributed by atoms with Crippen LogP contribution in [-0.2, 0) is 17.0 Å². The second kappa shape index (κ2) is 9.38. The predicted molar refractivity (Wildman–Crippen MR) is 149 cm³/mol. The maximum absolute atomic E-state index is 13.3. The summed E-state index contributed by atoms with van der Waals surface area (Å²) in [7, 11) is 0. The highest BCUT2D eigenvalue weighted by atomic mass is 16.6. The molecule has 38 heavy (non-hydrogen) atoms. The van der Waals surface area contributed by atoms with Gasteiger partial charge >= 0.3 is 5.97 Å². The van der Waals surface area contributed by atoms with Gasteiger partial charge in [0.2, 0.25) is 0 Å². The summed E-state index contributed by atoms with van der Waals surface area (Å²) in [4.78, 5) is 18.0. The normalized spacial score (nSPS) is 16.3. The molecule has 0 spiro atoms. The van der Waals surface area contributed by atoms with Crippen LogP contribution in [0.4, 0.5) is 5.69 Å². The fraction of sp³-hybridized carbons (Fsp3) is 0.188. The van der Waals surface area contributed by atoms with Crippen molar-refractivity contribution < 1.29 is 14.3 Å². The maximum atomic E-state index is 13.3. The van der Waals surface area contributed by atoms with Crippen molar-refractivity contribution in [2.24, 2.45) is 0 Å². The molecule has 1 aliphatic rings. The molecule has 0 saturated carbocycles. The number of rotatable bonds is 7. The van der Waals surface area contributed by atoms with Crippen molar-refractivity contribution in [1.82, 2.24) is 9.55 Å². The third-order valence-corrected chi connectivity index (χ3v) is 7.22. The molecule has 1 N–H and O–H groups in total. The number of pyridine rings is 1. The number of hydrogen-bond acceptors (Lipinski definition) is 5. The van der Waals surface area contributed by atoms with Crippen molar-refractivity contribution in [2.45, 2.75) is 33.0 Å². The Hall–Kier alpha value is -4.58. The van der Waals surface area contributed by atoms with Crippen molar-refractivity contribution in [3.63, 3.8) is 0 Å². The highest BCUT2D eigenvalue weighted by Crippen LogP contribution is 2.47. The third kappa shape index (κ3) is 3.64. The lowest BCUT2D eigenvalue weighted by molar-refractivity contribution is 0.0206. The van der Waals surface area contributed by atoms with Gasteiger partial charge in [-0.05, 0) is 62.7 Å². The summed E-state index contributed by atoms with van der Waals surface area (Å²) < 4.78 is 14.2. The number of para-hydroxylation sites is 2. The SMILES string of the molecule is CCOc1ccc(-c2ccccc2NC2(c3c(C)n(CC)c4ccccc34)OC(=O)c3cccnc32)cc1. The molecular formula is C32H29N3O3. The van der Waals surface area contributed by atoms with E-state index in [4.69, 9.17) is 14.5 Å². The van der Waals surface area contributed by atoms with Crippen LogP contribution in [0.3, 0.4) is 0 Å². The van der Waals surface area contributed by atoms with Crippen LogP contribution in [0.2, 0.25) is 0 Å². The van der Waals surface area contributed by atoms with E-state index < -0.39 is 11.7 Å². The summed E-state index contributed by atoms with van der Waals surface area (Å²) >= 11 is 0. The fourth-order valence-electron chi connectivity index (χ4n) is 5.62. The van der Waals surface area contributed by atoms with Crippen LogP contribution >= 0.6 is 0 Å². The minimum atomic E-state index is -1.31. The zero-order valence-corrected chi connectivity index (χ0v) is 21.7. The number of carbonyl (C=O) groups excluding carboxylic acids is 1. The summed E-state index contributed by atoms with van der Waals surface area (Å²) in [6.45, 7) is 7.57. The predicted octanol–water partition coefficient (Wildman–Crippen LogP) is 6.91. The second-order valence-electron chi connectivity index (χ2n) is 9.32. The smallest absolute Gasteiger partial charge is 0.342 e. The monoisotopic (exact) mass is 503 g/mol. The number of hydrogen-bond donors (Lipinski definition) is 1. The largest absolute Gasteiger partial charge is 0.494 e. The first kappa shape index (κ1) is 23.8. The van der Waals surface area contributed by atoms with Crippen LogP contribution in [0, 0.1) is 6.92 Å². The molecule has 1 aliphatic heterocycles. The van der Waals surface area contributed by atoms with Gasteiger partial charge in [0.15, 0.2) is 0 Å². The van der Waals surface area contributed by atoms with Gasteiger partial charge in [-0.15, -0.1) is 0 Å². The van der Waals surface area contributed by atoms with Crippen LogP contribution in [0.1, 0.15) is 41.2 Å². The molecule has 1 atom stereocenters. The van der Waals surface area contributed by atoms with E-state index in [9.17, 15) is 4.79 Å². The molecule has 6 rings (SSSR count). The van der Waals surface area contributed by atoms with E-state index in [1.54, 1.807) is 18.3 Å². The first-order valence-corrected chi connectivity index (χ1v) is 12.9. The molecule has 0 fully saturated rings. The molecule has 0 saturated heterocycles. The number of fused-ring (bicyclic) bond motifs is 2. The summed E-state index contributed by atoms with van der Waals surface area (Å²) in [5, 5.41) is 4.70. The molecule has 0 radical (unpaired) electrons. The Labute approximate surface area is 221 Å². The highest BCUT2D eigenvalue weighted by molar-refractivity contribution is 5.98. The Morgan fingerprint density at radius 1 is 0.921 bits per heavy atom. The van der Waals surface area contributed by atoms with E-state index in [-0.39, 0.29) is 0 Å². The van der Waals surface area contributed by atoms with Gasteiger partial charge in [0.1, 0.15) is 11.4 Å². The number of aromatic nitrogens is 2. The van der Waals surface area contributed by atoms with E-state index in [0.717, 1.165) is 51.3 Å². The van der Waals surface area contributed by atoms with Crippen LogP contribution in [0.15, 0.2) is 91.1 Å². The van der Waals surface area contributed by atoms with Gasteiger partial charge in [0.05, 0.1) is 17.7 Å². The summed E-state index contributed by atoms with van der Waals surface area (Å²) in [6.07, 6.45) is 1.71. The molecule has 5 aromatic rings. The van der Waals surface area contributed by atoms with Crippen molar-refractivity contribution in [2.75, 3.05) is 11.9 Å². The van der Waals surface area contributed by atoms with E-state index in [1.807, 2.05) is 61.5 Å². The Balaban J connectivity index is 1.58. The lowest BCUT2D eigenvalue weighted by Crippen LogP contribution is -2.38. The molecule has 0 aliphatic carbocycles. The molecule has 0 amide bonds. The summed E-state index contributed by atoms with van der Waals surface area (Å²) in [6, 6.07) is 27.9. The fourth-order valence-corrected chi connectivity index (χ4v) is 5.62. The van der Waals surface area contributed by atoms with E-state index in [2.05, 4.69) is 41.9 Å². The second-order valence-corrected chi connectivity index (χ2v) is 9.32. The quantitative estimate of drug-likeness (QED) is 0.244. The number of nitrogens with one attached hydrogen (secondary N) is 1. The molecule has 6 heteroatoms. The Bertz CT molecular complexity index is 1650. The number of nitrogens with zero attached hydrogens (tertiary/aromatic N) is 2. The number of ether oxygens (including phenoxy) is 2. The van der Waals surface area contributed by atoms with Crippen molar-refractivity contribution >= 4 is 22.6 Å². The molecule has 3 aromatic carbocycles. The zero-order valence-electron chi connectivity index (χ0n) is 21.7. The average Bonchev–Trinajstić information content (AvgIpc) is 3.40. The first-order valence-electron chi connectivity index (χ1n) is 12.9. The molecule has 0 bridgehead atoms. The molecule has 190 valence electrons. The van der Waals surface area contributed by atoms with Gasteiger partial charge in [-0.2, -0.15) is 0 Å². The van der Waals surface area contributed by atoms with Gasteiger partial charge in [-0.1, -0.05) is 48.5 Å². The number of benzene rings is 3. The molecule has 6 nitrogen and oxygen atoms in total. The van der Waals surface area contributed by atoms with Gasteiger partial charge in [0, 0.05) is 40.6 Å². The van der Waals surface area contributed by atoms with E-state index >= 15 is 0 Å². The van der Waals surface area contributed by atoms with Gasteiger partial charge in [-0.3, -0.25) is 4.98 Å². The van der Waals surface area contributed by atoms with Crippen molar-refractivity contribution in [3.05, 3.63) is 114 Å². The molecular weight excluding hydrogens is 474 g/mol. The number of carbonyl (C=O) groups is 1. The van der Waals surface area contributed by atoms with E-state index in [1.165, 1.54) is 0 Å². The van der Waals surface area contributed by atoms with E-state index in [0.29, 0.717) is 17.9 Å².